The fraction of sp³-hybridized carbons (Fsp3) is 0.429. The number of aromatic nitrogens is 2. The van der Waals surface area contributed by atoms with E-state index < -0.39 is 6.04 Å². The molecule has 2 aromatic rings. The van der Waals surface area contributed by atoms with Gasteiger partial charge in [0.25, 0.3) is 0 Å². The summed E-state index contributed by atoms with van der Waals surface area (Å²) < 4.78 is 15.7. The van der Waals surface area contributed by atoms with Gasteiger partial charge in [0.15, 0.2) is 17.3 Å². The summed E-state index contributed by atoms with van der Waals surface area (Å²) in [5.74, 6) is 2.45. The average molecular weight is 310 g/mol. The van der Waals surface area contributed by atoms with Gasteiger partial charge in [0.2, 0.25) is 5.89 Å². The molecule has 0 saturated heterocycles. The third-order valence-electron chi connectivity index (χ3n) is 3.51. The van der Waals surface area contributed by atoms with E-state index in [1.807, 2.05) is 0 Å². The minimum Gasteiger partial charge on any atom is -0.493 e. The van der Waals surface area contributed by atoms with Crippen LogP contribution in [-0.4, -0.2) is 24.4 Å². The predicted octanol–water partition coefficient (Wildman–Crippen LogP) is 2.67. The Balaban J connectivity index is 1.94. The summed E-state index contributed by atoms with van der Waals surface area (Å²) in [6.07, 6.45) is 2.18. The van der Waals surface area contributed by atoms with Gasteiger partial charge < -0.3 is 19.7 Å². The normalized spacial score (nSPS) is 15.8. The summed E-state index contributed by atoms with van der Waals surface area (Å²) >= 11 is 6.35. The third kappa shape index (κ3) is 2.56. The van der Waals surface area contributed by atoms with Gasteiger partial charge in [0, 0.05) is 5.92 Å². The second-order valence-electron chi connectivity index (χ2n) is 4.95. The standard InChI is InChI=1S/C14H16ClN3O3/c1-19-9-6-5-8(10(15)12(9)20-2)11(16)13-17-14(21-18-13)7-3-4-7/h5-7,11H,3-4,16H2,1-2H3. The number of nitrogens with zero attached hydrogens (tertiary/aromatic N) is 2. The maximum absolute atomic E-state index is 6.35. The Morgan fingerprint density at radius 1 is 1.33 bits per heavy atom. The summed E-state index contributed by atoms with van der Waals surface area (Å²) in [5.41, 5.74) is 6.86. The van der Waals surface area contributed by atoms with Crippen LogP contribution >= 0.6 is 11.6 Å². The lowest BCUT2D eigenvalue weighted by Gasteiger charge is -2.15. The van der Waals surface area contributed by atoms with E-state index in [1.165, 1.54) is 7.11 Å². The van der Waals surface area contributed by atoms with Crippen molar-refractivity contribution in [3.05, 3.63) is 34.4 Å². The van der Waals surface area contributed by atoms with Crippen LogP contribution in [0.25, 0.3) is 0 Å². The molecule has 1 fully saturated rings. The van der Waals surface area contributed by atoms with Crippen molar-refractivity contribution in [2.45, 2.75) is 24.8 Å². The van der Waals surface area contributed by atoms with Crippen LogP contribution in [0, 0.1) is 0 Å². The van der Waals surface area contributed by atoms with E-state index in [9.17, 15) is 0 Å². The summed E-state index contributed by atoms with van der Waals surface area (Å²) in [7, 11) is 3.08. The Labute approximate surface area is 127 Å². The van der Waals surface area contributed by atoms with E-state index in [4.69, 9.17) is 31.3 Å². The molecule has 0 spiro atoms. The maximum atomic E-state index is 6.35. The minimum absolute atomic E-state index is 0.388. The van der Waals surface area contributed by atoms with E-state index in [0.29, 0.717) is 39.7 Å². The fourth-order valence-corrected chi connectivity index (χ4v) is 2.50. The van der Waals surface area contributed by atoms with Crippen LogP contribution < -0.4 is 15.2 Å². The molecule has 21 heavy (non-hydrogen) atoms. The first kappa shape index (κ1) is 14.2. The third-order valence-corrected chi connectivity index (χ3v) is 3.90. The zero-order valence-electron chi connectivity index (χ0n) is 11.8. The number of hydrogen-bond donors (Lipinski definition) is 1. The van der Waals surface area contributed by atoms with Crippen LogP contribution in [0.1, 0.15) is 42.1 Å². The Morgan fingerprint density at radius 3 is 2.71 bits per heavy atom. The van der Waals surface area contributed by atoms with Gasteiger partial charge in [-0.25, -0.2) is 0 Å². The molecule has 0 aliphatic heterocycles. The van der Waals surface area contributed by atoms with Crippen LogP contribution in [0.4, 0.5) is 0 Å². The minimum atomic E-state index is -0.575. The molecule has 1 aliphatic rings. The molecule has 1 aliphatic carbocycles. The predicted molar refractivity (Wildman–Crippen MR) is 76.9 cm³/mol. The Bertz CT molecular complexity index is 655. The fourth-order valence-electron chi connectivity index (χ4n) is 2.15. The van der Waals surface area contributed by atoms with Gasteiger partial charge in [0.1, 0.15) is 0 Å². The van der Waals surface area contributed by atoms with Gasteiger partial charge in [0.05, 0.1) is 25.3 Å². The van der Waals surface area contributed by atoms with Crippen molar-refractivity contribution in [3.8, 4) is 11.5 Å². The molecule has 1 atom stereocenters. The largest absolute Gasteiger partial charge is 0.493 e. The second-order valence-corrected chi connectivity index (χ2v) is 5.33. The van der Waals surface area contributed by atoms with Crippen molar-refractivity contribution in [2.24, 2.45) is 5.73 Å². The zero-order chi connectivity index (χ0) is 15.0. The second kappa shape index (κ2) is 5.54. The molecule has 1 heterocycles. The molecule has 1 saturated carbocycles. The van der Waals surface area contributed by atoms with Crippen molar-refractivity contribution >= 4 is 11.6 Å². The highest BCUT2D eigenvalue weighted by atomic mass is 35.5. The Kier molecular flexibility index (Phi) is 3.73. The number of hydrogen-bond acceptors (Lipinski definition) is 6. The van der Waals surface area contributed by atoms with Crippen LogP contribution in [-0.2, 0) is 0 Å². The number of methoxy groups -OCH3 is 2. The lowest BCUT2D eigenvalue weighted by Crippen LogP contribution is -2.14. The molecular formula is C14H16ClN3O3. The molecule has 1 aromatic carbocycles. The number of ether oxygens (including phenoxy) is 2. The van der Waals surface area contributed by atoms with E-state index in [1.54, 1.807) is 19.2 Å². The first-order valence-electron chi connectivity index (χ1n) is 6.65. The molecule has 3 rings (SSSR count). The van der Waals surface area contributed by atoms with Gasteiger partial charge in [-0.1, -0.05) is 22.8 Å². The highest BCUT2D eigenvalue weighted by Crippen LogP contribution is 2.41. The first-order valence-corrected chi connectivity index (χ1v) is 7.03. The van der Waals surface area contributed by atoms with Gasteiger partial charge in [-0.05, 0) is 24.5 Å². The topological polar surface area (TPSA) is 83.4 Å². The SMILES string of the molecule is COc1ccc(C(N)c2noc(C3CC3)n2)c(Cl)c1OC. The molecule has 2 N–H and O–H groups in total. The molecule has 6 nitrogen and oxygen atoms in total. The zero-order valence-corrected chi connectivity index (χ0v) is 12.6. The van der Waals surface area contributed by atoms with E-state index in [0.717, 1.165) is 12.8 Å². The van der Waals surface area contributed by atoms with Gasteiger partial charge in [-0.2, -0.15) is 4.98 Å². The average Bonchev–Trinajstić information content (AvgIpc) is 3.23. The van der Waals surface area contributed by atoms with Gasteiger partial charge in [-0.15, -0.1) is 0 Å². The lowest BCUT2D eigenvalue weighted by molar-refractivity contribution is 0.354. The van der Waals surface area contributed by atoms with Crippen molar-refractivity contribution in [3.63, 3.8) is 0 Å². The molecule has 112 valence electrons. The monoisotopic (exact) mass is 309 g/mol. The Hall–Kier alpha value is -1.79. The summed E-state index contributed by atoms with van der Waals surface area (Å²) in [5, 5.41) is 4.34. The van der Waals surface area contributed by atoms with Crippen molar-refractivity contribution in [1.82, 2.24) is 10.1 Å². The van der Waals surface area contributed by atoms with Crippen LogP contribution in [0.2, 0.25) is 5.02 Å². The maximum Gasteiger partial charge on any atom is 0.229 e. The number of rotatable bonds is 5. The van der Waals surface area contributed by atoms with Crippen molar-refractivity contribution in [1.29, 1.82) is 0 Å². The van der Waals surface area contributed by atoms with Crippen molar-refractivity contribution < 1.29 is 14.0 Å². The molecule has 1 aromatic heterocycles. The summed E-state index contributed by atoms with van der Waals surface area (Å²) in [4.78, 5) is 4.35. The number of halogens is 1. The first-order chi connectivity index (χ1) is 10.2. The van der Waals surface area contributed by atoms with Gasteiger partial charge in [-0.3, -0.25) is 0 Å². The smallest absolute Gasteiger partial charge is 0.229 e. The summed E-state index contributed by atoms with van der Waals surface area (Å²) in [6.45, 7) is 0. The molecule has 1 unspecified atom stereocenters. The highest BCUT2D eigenvalue weighted by molar-refractivity contribution is 6.33. The van der Waals surface area contributed by atoms with E-state index in [-0.39, 0.29) is 0 Å². The highest BCUT2D eigenvalue weighted by Gasteiger charge is 2.31. The quantitative estimate of drug-likeness (QED) is 0.914. The molecular weight excluding hydrogens is 294 g/mol. The van der Waals surface area contributed by atoms with E-state index >= 15 is 0 Å². The number of nitrogens with two attached hydrogens (primary N) is 1. The summed E-state index contributed by atoms with van der Waals surface area (Å²) in [6, 6.07) is 2.96. The van der Waals surface area contributed by atoms with Crippen LogP contribution in [0.5, 0.6) is 11.5 Å². The van der Waals surface area contributed by atoms with Crippen LogP contribution in [0.15, 0.2) is 16.7 Å². The molecule has 0 bridgehead atoms. The van der Waals surface area contributed by atoms with Crippen molar-refractivity contribution in [2.75, 3.05) is 14.2 Å². The number of benzene rings is 1. The lowest BCUT2D eigenvalue weighted by atomic mass is 10.1. The van der Waals surface area contributed by atoms with Crippen LogP contribution in [0.3, 0.4) is 0 Å². The molecule has 7 heteroatoms. The van der Waals surface area contributed by atoms with Gasteiger partial charge >= 0.3 is 0 Å². The molecule has 0 radical (unpaired) electrons. The molecule has 0 amide bonds. The van der Waals surface area contributed by atoms with E-state index in [2.05, 4.69) is 10.1 Å². The Morgan fingerprint density at radius 2 is 2.10 bits per heavy atom.